The second-order valence-electron chi connectivity index (χ2n) is 12.0. The molecule has 5 aliphatic rings. The van der Waals surface area contributed by atoms with Gasteiger partial charge in [0.2, 0.25) is 0 Å². The summed E-state index contributed by atoms with van der Waals surface area (Å²) in [5, 5.41) is 10.4. The van der Waals surface area contributed by atoms with Crippen molar-refractivity contribution in [1.82, 2.24) is 9.80 Å². The van der Waals surface area contributed by atoms with Crippen molar-refractivity contribution in [1.29, 1.82) is 0 Å². The van der Waals surface area contributed by atoms with Crippen LogP contribution in [0.3, 0.4) is 0 Å². The molecule has 4 fully saturated rings. The fourth-order valence-corrected chi connectivity index (χ4v) is 8.44. The number of phenolic OH excluding ortho intramolecular Hbond substituents is 1. The van der Waals surface area contributed by atoms with Crippen LogP contribution in [0.25, 0.3) is 0 Å². The number of likely N-dealkylation sites (N-methyl/N-ethyl adjacent to an activating group) is 1. The number of aromatic hydroxyl groups is 1. The Balaban J connectivity index is 1.28. The van der Waals surface area contributed by atoms with Gasteiger partial charge < -0.3 is 14.7 Å². The van der Waals surface area contributed by atoms with Crippen molar-refractivity contribution in [2.75, 3.05) is 26.7 Å². The minimum Gasteiger partial charge on any atom is -0.508 e. The minimum atomic E-state index is -0.326. The van der Waals surface area contributed by atoms with E-state index in [0.29, 0.717) is 24.1 Å². The van der Waals surface area contributed by atoms with Crippen molar-refractivity contribution < 1.29 is 14.6 Å². The standard InChI is InChI=1S/C30H36N2O3/c1-19-5-3-4-6-23(19)28(34)31(2)18-29-13-11-26(35-29)30-16-21-9-10-22(33)15-25(21)24(27(29)30)12-14-32(30)17-20-7-8-20/h3-6,9-10,15,20,24,26-27,33H,7-8,11-14,16-18H2,1-2H3/t24?,26?,27?,29-,30?/m0/s1. The zero-order chi connectivity index (χ0) is 23.9. The molecule has 7 rings (SSSR count). The number of aryl methyl sites for hydroxylation is 1. The average molecular weight is 473 g/mol. The van der Waals surface area contributed by atoms with Crippen LogP contribution in [-0.2, 0) is 11.2 Å². The maximum atomic E-state index is 13.5. The maximum Gasteiger partial charge on any atom is 0.253 e. The summed E-state index contributed by atoms with van der Waals surface area (Å²) in [7, 11) is 1.95. The molecule has 4 bridgehead atoms. The molecule has 1 N–H and O–H groups in total. The van der Waals surface area contributed by atoms with Gasteiger partial charge in [0.1, 0.15) is 5.75 Å². The van der Waals surface area contributed by atoms with Gasteiger partial charge in [0.15, 0.2) is 0 Å². The van der Waals surface area contributed by atoms with Crippen molar-refractivity contribution in [2.24, 2.45) is 11.8 Å². The third-order valence-electron chi connectivity index (χ3n) is 9.98. The predicted octanol–water partition coefficient (Wildman–Crippen LogP) is 4.51. The lowest BCUT2D eigenvalue weighted by molar-refractivity contribution is -0.0598. The van der Waals surface area contributed by atoms with Crippen LogP contribution in [0.1, 0.15) is 65.1 Å². The third kappa shape index (κ3) is 3.10. The molecule has 2 aromatic carbocycles. The Labute approximate surface area is 208 Å². The van der Waals surface area contributed by atoms with Crippen molar-refractivity contribution in [3.05, 3.63) is 64.7 Å². The Bertz CT molecular complexity index is 1190. The third-order valence-corrected chi connectivity index (χ3v) is 9.98. The van der Waals surface area contributed by atoms with Gasteiger partial charge in [0, 0.05) is 25.1 Å². The fourth-order valence-electron chi connectivity index (χ4n) is 8.44. The molecular formula is C30H36N2O3. The SMILES string of the molecule is Cc1ccccc1C(=O)N(C)C[C@]12CCC(O1)C13Cc4ccc(O)cc4C(CCN1CC1CC1)C32. The number of likely N-dealkylation sites (tertiary alicyclic amines) is 1. The van der Waals surface area contributed by atoms with Gasteiger partial charge in [-0.1, -0.05) is 24.3 Å². The Hall–Kier alpha value is -2.37. The molecule has 0 aromatic heterocycles. The molecular weight excluding hydrogens is 436 g/mol. The molecule has 5 atom stereocenters. The summed E-state index contributed by atoms with van der Waals surface area (Å²) < 4.78 is 7.09. The second-order valence-corrected chi connectivity index (χ2v) is 12.0. The molecule has 2 aliphatic carbocycles. The Morgan fingerprint density at radius 2 is 2.00 bits per heavy atom. The molecule has 35 heavy (non-hydrogen) atoms. The highest BCUT2D eigenvalue weighted by Gasteiger charge is 2.73. The van der Waals surface area contributed by atoms with Gasteiger partial charge >= 0.3 is 0 Å². The summed E-state index contributed by atoms with van der Waals surface area (Å²) in [5.74, 6) is 2.00. The quantitative estimate of drug-likeness (QED) is 0.696. The van der Waals surface area contributed by atoms with Crippen LogP contribution in [0.2, 0.25) is 0 Å². The van der Waals surface area contributed by atoms with Gasteiger partial charge in [-0.05, 0) is 98.7 Å². The van der Waals surface area contributed by atoms with Crippen LogP contribution < -0.4 is 0 Å². The molecule has 184 valence electrons. The van der Waals surface area contributed by atoms with Gasteiger partial charge in [0.05, 0.1) is 23.8 Å². The van der Waals surface area contributed by atoms with E-state index in [0.717, 1.165) is 49.3 Å². The maximum absolute atomic E-state index is 13.5. The number of rotatable bonds is 5. The summed E-state index contributed by atoms with van der Waals surface area (Å²) >= 11 is 0. The smallest absolute Gasteiger partial charge is 0.253 e. The van der Waals surface area contributed by atoms with Gasteiger partial charge in [0.25, 0.3) is 5.91 Å². The minimum absolute atomic E-state index is 0.0142. The first-order chi connectivity index (χ1) is 16.9. The molecule has 5 nitrogen and oxygen atoms in total. The molecule has 5 heteroatoms. The van der Waals surface area contributed by atoms with E-state index in [9.17, 15) is 9.90 Å². The summed E-state index contributed by atoms with van der Waals surface area (Å²) in [6.45, 7) is 4.94. The summed E-state index contributed by atoms with van der Waals surface area (Å²) in [6, 6.07) is 13.9. The summed E-state index contributed by atoms with van der Waals surface area (Å²) in [5.41, 5.74) is 4.20. The first kappa shape index (κ1) is 21.9. The number of ether oxygens (including phenoxy) is 1. The lowest BCUT2D eigenvalue weighted by Gasteiger charge is -2.61. The lowest BCUT2D eigenvalue weighted by atomic mass is 9.52. The Morgan fingerprint density at radius 3 is 2.80 bits per heavy atom. The molecule has 1 amide bonds. The van der Waals surface area contributed by atoms with Crippen LogP contribution in [0.15, 0.2) is 42.5 Å². The molecule has 1 saturated carbocycles. The van der Waals surface area contributed by atoms with Crippen molar-refractivity contribution in [3.8, 4) is 5.75 Å². The van der Waals surface area contributed by atoms with Crippen molar-refractivity contribution >= 4 is 5.91 Å². The largest absolute Gasteiger partial charge is 0.508 e. The number of hydrogen-bond acceptors (Lipinski definition) is 4. The highest BCUT2D eigenvalue weighted by atomic mass is 16.5. The number of nitrogens with zero attached hydrogens (tertiary/aromatic N) is 2. The zero-order valence-corrected chi connectivity index (χ0v) is 20.9. The molecule has 0 spiro atoms. The molecule has 0 radical (unpaired) electrons. The number of carbonyl (C=O) groups is 1. The van der Waals surface area contributed by atoms with E-state index in [2.05, 4.69) is 11.0 Å². The first-order valence-corrected chi connectivity index (χ1v) is 13.5. The Kier molecular flexibility index (Phi) is 4.73. The van der Waals surface area contributed by atoms with Crippen LogP contribution in [0, 0.1) is 18.8 Å². The normalized spacial score (nSPS) is 35.0. The van der Waals surface area contributed by atoms with E-state index >= 15 is 0 Å². The summed E-state index contributed by atoms with van der Waals surface area (Å²) in [6.07, 6.45) is 7.12. The number of phenols is 1. The average Bonchev–Trinajstić information content (AvgIpc) is 3.50. The molecule has 3 heterocycles. The number of carbonyl (C=O) groups excluding carboxylic acids is 1. The zero-order valence-electron chi connectivity index (χ0n) is 20.9. The first-order valence-electron chi connectivity index (χ1n) is 13.5. The number of amides is 1. The van der Waals surface area contributed by atoms with Crippen LogP contribution in [0.4, 0.5) is 0 Å². The number of benzene rings is 2. The Morgan fingerprint density at radius 1 is 1.17 bits per heavy atom. The molecule has 4 unspecified atom stereocenters. The van der Waals surface area contributed by atoms with Gasteiger partial charge in [-0.15, -0.1) is 0 Å². The monoisotopic (exact) mass is 472 g/mol. The van der Waals surface area contributed by atoms with Crippen molar-refractivity contribution in [2.45, 2.75) is 68.6 Å². The predicted molar refractivity (Wildman–Crippen MR) is 135 cm³/mol. The van der Waals surface area contributed by atoms with E-state index in [4.69, 9.17) is 4.74 Å². The number of hydrogen-bond donors (Lipinski definition) is 1. The number of fused-ring (bicyclic) bond motifs is 4. The van der Waals surface area contributed by atoms with Gasteiger partial charge in [-0.3, -0.25) is 9.69 Å². The van der Waals surface area contributed by atoms with Crippen LogP contribution in [-0.4, -0.2) is 64.7 Å². The van der Waals surface area contributed by atoms with Crippen LogP contribution >= 0.6 is 0 Å². The lowest BCUT2D eigenvalue weighted by Crippen LogP contribution is -2.70. The number of piperidine rings is 1. The van der Waals surface area contributed by atoms with Crippen molar-refractivity contribution in [3.63, 3.8) is 0 Å². The van der Waals surface area contributed by atoms with E-state index in [1.165, 1.54) is 30.5 Å². The fraction of sp³-hybridized carbons (Fsp3) is 0.567. The van der Waals surface area contributed by atoms with E-state index in [-0.39, 0.29) is 23.2 Å². The van der Waals surface area contributed by atoms with E-state index in [1.807, 2.05) is 55.3 Å². The highest BCUT2D eigenvalue weighted by molar-refractivity contribution is 5.95. The van der Waals surface area contributed by atoms with Gasteiger partial charge in [-0.2, -0.15) is 0 Å². The van der Waals surface area contributed by atoms with Crippen LogP contribution in [0.5, 0.6) is 5.75 Å². The topological polar surface area (TPSA) is 53.0 Å². The highest BCUT2D eigenvalue weighted by Crippen LogP contribution is 2.66. The molecule has 3 saturated heterocycles. The van der Waals surface area contributed by atoms with E-state index in [1.54, 1.807) is 0 Å². The summed E-state index contributed by atoms with van der Waals surface area (Å²) in [4.78, 5) is 18.3. The van der Waals surface area contributed by atoms with E-state index < -0.39 is 0 Å². The van der Waals surface area contributed by atoms with Gasteiger partial charge in [-0.25, -0.2) is 0 Å². The molecule has 3 aliphatic heterocycles. The second kappa shape index (κ2) is 7.57. The molecule has 2 aromatic rings.